The van der Waals surface area contributed by atoms with E-state index < -0.39 is 6.10 Å². The zero-order chi connectivity index (χ0) is 14.2. The number of aliphatic hydroxyl groups excluding tert-OH is 1. The molecular weight excluding hydrogens is 254 g/mol. The Labute approximate surface area is 119 Å². The molecule has 5 nitrogen and oxygen atoms in total. The number of rotatable bonds is 6. The van der Waals surface area contributed by atoms with E-state index in [1.165, 1.54) is 19.3 Å². The Morgan fingerprint density at radius 2 is 1.95 bits per heavy atom. The Balaban J connectivity index is 1.66. The summed E-state index contributed by atoms with van der Waals surface area (Å²) in [6, 6.07) is 8.94. The topological polar surface area (TPSA) is 68.5 Å². The van der Waals surface area contributed by atoms with Gasteiger partial charge in [-0.2, -0.15) is 5.26 Å². The highest BCUT2D eigenvalue weighted by Gasteiger charge is 2.12. The molecular formula is C15H21N3O2. The minimum absolute atomic E-state index is 0.243. The lowest BCUT2D eigenvalue weighted by Crippen LogP contribution is -2.46. The summed E-state index contributed by atoms with van der Waals surface area (Å²) in [4.78, 5) is 0. The Morgan fingerprint density at radius 3 is 2.60 bits per heavy atom. The van der Waals surface area contributed by atoms with Gasteiger partial charge in [0.2, 0.25) is 0 Å². The molecule has 0 bridgehead atoms. The smallest absolute Gasteiger partial charge is 0.119 e. The van der Waals surface area contributed by atoms with Gasteiger partial charge in [0.25, 0.3) is 0 Å². The van der Waals surface area contributed by atoms with Crippen LogP contribution in [0.3, 0.4) is 0 Å². The van der Waals surface area contributed by atoms with Gasteiger partial charge in [0.05, 0.1) is 11.6 Å². The van der Waals surface area contributed by atoms with Gasteiger partial charge in [-0.1, -0.05) is 6.42 Å². The summed E-state index contributed by atoms with van der Waals surface area (Å²) in [6.45, 7) is 2.83. The molecule has 1 aliphatic rings. The van der Waals surface area contributed by atoms with Gasteiger partial charge in [-0.05, 0) is 37.1 Å². The third kappa shape index (κ3) is 4.82. The number of nitrogens with one attached hydrogen (secondary N) is 1. The van der Waals surface area contributed by atoms with Crippen molar-refractivity contribution in [3.63, 3.8) is 0 Å². The summed E-state index contributed by atoms with van der Waals surface area (Å²) in [5.74, 6) is 0.668. The van der Waals surface area contributed by atoms with Crippen molar-refractivity contribution in [1.82, 2.24) is 10.4 Å². The Hall–Kier alpha value is -1.61. The van der Waals surface area contributed by atoms with E-state index in [2.05, 4.69) is 16.5 Å². The van der Waals surface area contributed by atoms with Crippen molar-refractivity contribution in [3.05, 3.63) is 29.8 Å². The second-order valence-corrected chi connectivity index (χ2v) is 5.01. The lowest BCUT2D eigenvalue weighted by atomic mass is 10.2. The Kier molecular flexibility index (Phi) is 5.81. The molecule has 2 rings (SSSR count). The average molecular weight is 275 g/mol. The molecule has 0 spiro atoms. The predicted molar refractivity (Wildman–Crippen MR) is 76.1 cm³/mol. The summed E-state index contributed by atoms with van der Waals surface area (Å²) < 4.78 is 5.49. The van der Waals surface area contributed by atoms with Gasteiger partial charge >= 0.3 is 0 Å². The molecule has 5 heteroatoms. The fourth-order valence-electron chi connectivity index (χ4n) is 2.16. The van der Waals surface area contributed by atoms with E-state index in [4.69, 9.17) is 10.00 Å². The number of benzene rings is 1. The summed E-state index contributed by atoms with van der Waals surface area (Å²) in [6.07, 6.45) is 3.17. The number of nitrogens with zero attached hydrogens (tertiary/aromatic N) is 2. The van der Waals surface area contributed by atoms with Gasteiger partial charge in [-0.25, -0.2) is 5.01 Å². The van der Waals surface area contributed by atoms with Gasteiger partial charge in [-0.3, -0.25) is 5.43 Å². The van der Waals surface area contributed by atoms with Crippen LogP contribution in [-0.2, 0) is 0 Å². The van der Waals surface area contributed by atoms with Crippen LogP contribution in [-0.4, -0.2) is 42.5 Å². The van der Waals surface area contributed by atoms with Crippen LogP contribution >= 0.6 is 0 Å². The van der Waals surface area contributed by atoms with E-state index in [0.29, 0.717) is 17.9 Å². The molecule has 1 fully saturated rings. The minimum Gasteiger partial charge on any atom is -0.491 e. The largest absolute Gasteiger partial charge is 0.491 e. The summed E-state index contributed by atoms with van der Waals surface area (Å²) >= 11 is 0. The molecule has 0 aromatic heterocycles. The van der Waals surface area contributed by atoms with Crippen molar-refractivity contribution in [3.8, 4) is 11.8 Å². The standard InChI is InChI=1S/C15H21N3O2/c16-10-13-4-6-15(7-5-13)20-12-14(19)11-17-18-8-2-1-3-9-18/h4-7,14,17,19H,1-3,8-9,11-12H2. The molecule has 108 valence electrons. The van der Waals surface area contributed by atoms with Crippen LogP contribution in [0.4, 0.5) is 0 Å². The van der Waals surface area contributed by atoms with Crippen molar-refractivity contribution in [2.75, 3.05) is 26.2 Å². The average Bonchev–Trinajstić information content (AvgIpc) is 2.52. The molecule has 0 amide bonds. The minimum atomic E-state index is -0.549. The highest BCUT2D eigenvalue weighted by Crippen LogP contribution is 2.11. The fourth-order valence-corrected chi connectivity index (χ4v) is 2.16. The molecule has 0 saturated carbocycles. The van der Waals surface area contributed by atoms with Gasteiger partial charge < -0.3 is 9.84 Å². The van der Waals surface area contributed by atoms with Gasteiger partial charge in [0, 0.05) is 19.6 Å². The van der Waals surface area contributed by atoms with Crippen molar-refractivity contribution >= 4 is 0 Å². The first-order valence-corrected chi connectivity index (χ1v) is 7.07. The maximum Gasteiger partial charge on any atom is 0.119 e. The van der Waals surface area contributed by atoms with Crippen LogP contribution in [0.1, 0.15) is 24.8 Å². The number of aliphatic hydroxyl groups is 1. The Bertz CT molecular complexity index is 435. The van der Waals surface area contributed by atoms with Crippen LogP contribution in [0.25, 0.3) is 0 Å². The van der Waals surface area contributed by atoms with E-state index in [1.807, 2.05) is 0 Å². The molecule has 1 aromatic carbocycles. The number of ether oxygens (including phenoxy) is 1. The monoisotopic (exact) mass is 275 g/mol. The van der Waals surface area contributed by atoms with E-state index >= 15 is 0 Å². The first kappa shape index (κ1) is 14.8. The number of piperidine rings is 1. The molecule has 0 radical (unpaired) electrons. The first-order valence-electron chi connectivity index (χ1n) is 7.07. The number of hydrogen-bond donors (Lipinski definition) is 2. The summed E-state index contributed by atoms with van der Waals surface area (Å²) in [7, 11) is 0. The molecule has 1 aromatic rings. The molecule has 1 atom stereocenters. The molecule has 0 aliphatic carbocycles. The molecule has 1 saturated heterocycles. The highest BCUT2D eigenvalue weighted by molar-refractivity contribution is 5.34. The maximum absolute atomic E-state index is 9.88. The Morgan fingerprint density at radius 1 is 1.25 bits per heavy atom. The second-order valence-electron chi connectivity index (χ2n) is 5.01. The summed E-state index contributed by atoms with van der Waals surface area (Å²) in [5, 5.41) is 20.7. The molecule has 1 unspecified atom stereocenters. The van der Waals surface area contributed by atoms with E-state index in [1.54, 1.807) is 24.3 Å². The fraction of sp³-hybridized carbons (Fsp3) is 0.533. The second kappa shape index (κ2) is 7.85. The molecule has 20 heavy (non-hydrogen) atoms. The van der Waals surface area contributed by atoms with Crippen molar-refractivity contribution in [2.45, 2.75) is 25.4 Å². The lowest BCUT2D eigenvalue weighted by molar-refractivity contribution is 0.0684. The van der Waals surface area contributed by atoms with E-state index in [9.17, 15) is 5.11 Å². The number of hydrazine groups is 1. The number of nitriles is 1. The van der Waals surface area contributed by atoms with Crippen molar-refractivity contribution in [1.29, 1.82) is 5.26 Å². The first-order chi connectivity index (χ1) is 9.78. The van der Waals surface area contributed by atoms with Crippen LogP contribution < -0.4 is 10.2 Å². The van der Waals surface area contributed by atoms with Crippen molar-refractivity contribution < 1.29 is 9.84 Å². The van der Waals surface area contributed by atoms with Crippen LogP contribution in [0, 0.1) is 11.3 Å². The van der Waals surface area contributed by atoms with Gasteiger partial charge in [-0.15, -0.1) is 0 Å². The third-order valence-corrected chi connectivity index (χ3v) is 3.33. The third-order valence-electron chi connectivity index (χ3n) is 3.33. The SMILES string of the molecule is N#Cc1ccc(OCC(O)CNN2CCCCC2)cc1. The van der Waals surface area contributed by atoms with Gasteiger partial charge in [0.1, 0.15) is 18.5 Å². The quantitative estimate of drug-likeness (QED) is 0.819. The zero-order valence-electron chi connectivity index (χ0n) is 11.6. The zero-order valence-corrected chi connectivity index (χ0v) is 11.6. The van der Waals surface area contributed by atoms with Crippen LogP contribution in [0.2, 0.25) is 0 Å². The van der Waals surface area contributed by atoms with Crippen molar-refractivity contribution in [2.24, 2.45) is 0 Å². The van der Waals surface area contributed by atoms with E-state index in [0.717, 1.165) is 13.1 Å². The maximum atomic E-state index is 9.88. The van der Waals surface area contributed by atoms with Crippen LogP contribution in [0.15, 0.2) is 24.3 Å². The van der Waals surface area contributed by atoms with E-state index in [-0.39, 0.29) is 6.61 Å². The predicted octanol–water partition coefficient (Wildman–Crippen LogP) is 1.29. The molecule has 1 aliphatic heterocycles. The normalized spacial score (nSPS) is 17.4. The highest BCUT2D eigenvalue weighted by atomic mass is 16.5. The molecule has 1 heterocycles. The summed E-state index contributed by atoms with van der Waals surface area (Å²) in [5.41, 5.74) is 3.84. The van der Waals surface area contributed by atoms with Crippen LogP contribution in [0.5, 0.6) is 5.75 Å². The lowest BCUT2D eigenvalue weighted by Gasteiger charge is -2.28. The number of hydrogen-bond acceptors (Lipinski definition) is 5. The molecule has 2 N–H and O–H groups in total. The van der Waals surface area contributed by atoms with Gasteiger partial charge in [0.15, 0.2) is 0 Å².